The van der Waals surface area contributed by atoms with Gasteiger partial charge in [0.1, 0.15) is 23.2 Å². The van der Waals surface area contributed by atoms with Crippen LogP contribution in [-0.2, 0) is 0 Å². The van der Waals surface area contributed by atoms with Crippen LogP contribution in [0, 0.1) is 13.8 Å². The first-order chi connectivity index (χ1) is 9.55. The molecule has 0 aliphatic carbocycles. The minimum Gasteiger partial charge on any atom is -0.495 e. The predicted molar refractivity (Wildman–Crippen MR) is 85.0 cm³/mol. The van der Waals surface area contributed by atoms with Gasteiger partial charge in [-0.05, 0) is 41.9 Å². The molecule has 0 saturated heterocycles. The van der Waals surface area contributed by atoms with Crippen molar-refractivity contribution in [2.24, 2.45) is 0 Å². The Labute approximate surface area is 126 Å². The maximum atomic E-state index is 5.29. The van der Waals surface area contributed by atoms with E-state index >= 15 is 0 Å². The Morgan fingerprint density at radius 1 is 1.15 bits per heavy atom. The standard InChI is InChI=1S/C14H17BrN4O/c1-8-13(16-3)17-9(2)18-14(8)19-10-5-6-11(15)12(7-10)20-4/h5-7H,1-4H3,(H2,16,17,18,19). The zero-order valence-electron chi connectivity index (χ0n) is 11.9. The summed E-state index contributed by atoms with van der Waals surface area (Å²) < 4.78 is 6.20. The van der Waals surface area contributed by atoms with Crippen LogP contribution in [0.15, 0.2) is 22.7 Å². The molecule has 0 aliphatic rings. The van der Waals surface area contributed by atoms with Gasteiger partial charge in [-0.3, -0.25) is 0 Å². The van der Waals surface area contributed by atoms with Crippen LogP contribution in [0.3, 0.4) is 0 Å². The molecular weight excluding hydrogens is 320 g/mol. The monoisotopic (exact) mass is 336 g/mol. The van der Waals surface area contributed by atoms with Crippen molar-refractivity contribution in [3.8, 4) is 5.75 Å². The normalized spacial score (nSPS) is 10.2. The molecular formula is C14H17BrN4O. The van der Waals surface area contributed by atoms with E-state index in [0.29, 0.717) is 5.82 Å². The van der Waals surface area contributed by atoms with Crippen molar-refractivity contribution in [1.29, 1.82) is 0 Å². The van der Waals surface area contributed by atoms with E-state index < -0.39 is 0 Å². The Bertz CT molecular complexity index is 631. The molecule has 6 heteroatoms. The summed E-state index contributed by atoms with van der Waals surface area (Å²) in [4.78, 5) is 8.79. The molecule has 0 bridgehead atoms. The van der Waals surface area contributed by atoms with E-state index in [2.05, 4.69) is 36.5 Å². The van der Waals surface area contributed by atoms with Crippen molar-refractivity contribution in [3.05, 3.63) is 34.1 Å². The van der Waals surface area contributed by atoms with E-state index in [0.717, 1.165) is 33.1 Å². The quantitative estimate of drug-likeness (QED) is 0.892. The molecule has 5 nitrogen and oxygen atoms in total. The van der Waals surface area contributed by atoms with E-state index in [1.165, 1.54) is 0 Å². The summed E-state index contributed by atoms with van der Waals surface area (Å²) in [7, 11) is 3.49. The van der Waals surface area contributed by atoms with Gasteiger partial charge in [-0.1, -0.05) is 0 Å². The van der Waals surface area contributed by atoms with Gasteiger partial charge in [-0.25, -0.2) is 9.97 Å². The van der Waals surface area contributed by atoms with Gasteiger partial charge in [0.25, 0.3) is 0 Å². The number of aromatic nitrogens is 2. The number of methoxy groups -OCH3 is 1. The van der Waals surface area contributed by atoms with E-state index in [1.807, 2.05) is 39.1 Å². The van der Waals surface area contributed by atoms with E-state index in [1.54, 1.807) is 7.11 Å². The SMILES string of the molecule is CNc1nc(C)nc(Nc2ccc(Br)c(OC)c2)c1C. The minimum atomic E-state index is 0.714. The minimum absolute atomic E-state index is 0.714. The van der Waals surface area contributed by atoms with Crippen molar-refractivity contribution < 1.29 is 4.74 Å². The van der Waals surface area contributed by atoms with Crippen LogP contribution in [0.4, 0.5) is 17.3 Å². The molecule has 0 radical (unpaired) electrons. The number of benzene rings is 1. The molecule has 0 spiro atoms. The van der Waals surface area contributed by atoms with E-state index in [9.17, 15) is 0 Å². The first-order valence-corrected chi connectivity index (χ1v) is 6.98. The second-order valence-electron chi connectivity index (χ2n) is 4.32. The lowest BCUT2D eigenvalue weighted by atomic mass is 10.2. The molecule has 0 saturated carbocycles. The number of rotatable bonds is 4. The summed E-state index contributed by atoms with van der Waals surface area (Å²) in [6.45, 7) is 3.84. The zero-order valence-corrected chi connectivity index (χ0v) is 13.5. The zero-order chi connectivity index (χ0) is 14.7. The summed E-state index contributed by atoms with van der Waals surface area (Å²) in [5, 5.41) is 6.37. The molecule has 0 fully saturated rings. The number of aryl methyl sites for hydroxylation is 1. The van der Waals surface area contributed by atoms with Gasteiger partial charge in [0.2, 0.25) is 0 Å². The van der Waals surface area contributed by atoms with Crippen molar-refractivity contribution in [1.82, 2.24) is 9.97 Å². The Morgan fingerprint density at radius 2 is 1.85 bits per heavy atom. The lowest BCUT2D eigenvalue weighted by molar-refractivity contribution is 0.412. The molecule has 0 aliphatic heterocycles. The van der Waals surface area contributed by atoms with Crippen LogP contribution < -0.4 is 15.4 Å². The summed E-state index contributed by atoms with van der Waals surface area (Å²) in [6, 6.07) is 5.81. The summed E-state index contributed by atoms with van der Waals surface area (Å²) in [5.74, 6) is 3.09. The number of nitrogens with zero attached hydrogens (tertiary/aromatic N) is 2. The van der Waals surface area contributed by atoms with Gasteiger partial charge < -0.3 is 15.4 Å². The summed E-state index contributed by atoms with van der Waals surface area (Å²) >= 11 is 3.44. The fourth-order valence-corrected chi connectivity index (χ4v) is 2.28. The highest BCUT2D eigenvalue weighted by Gasteiger charge is 2.09. The summed E-state index contributed by atoms with van der Waals surface area (Å²) in [6.07, 6.45) is 0. The molecule has 2 rings (SSSR count). The van der Waals surface area contributed by atoms with Gasteiger partial charge in [0, 0.05) is 24.4 Å². The third-order valence-corrected chi connectivity index (χ3v) is 3.56. The highest BCUT2D eigenvalue weighted by atomic mass is 79.9. The molecule has 2 aromatic rings. The van der Waals surface area contributed by atoms with E-state index in [-0.39, 0.29) is 0 Å². The van der Waals surface area contributed by atoms with Gasteiger partial charge in [0.15, 0.2) is 0 Å². The number of hydrogen-bond acceptors (Lipinski definition) is 5. The molecule has 0 amide bonds. The highest BCUT2D eigenvalue weighted by molar-refractivity contribution is 9.10. The van der Waals surface area contributed by atoms with Crippen LogP contribution >= 0.6 is 15.9 Å². The van der Waals surface area contributed by atoms with Crippen molar-refractivity contribution in [2.45, 2.75) is 13.8 Å². The van der Waals surface area contributed by atoms with Gasteiger partial charge in [0.05, 0.1) is 11.6 Å². The average Bonchev–Trinajstić information content (AvgIpc) is 2.44. The molecule has 1 aromatic carbocycles. The molecule has 0 unspecified atom stereocenters. The Balaban J connectivity index is 2.37. The molecule has 1 heterocycles. The highest BCUT2D eigenvalue weighted by Crippen LogP contribution is 2.30. The largest absolute Gasteiger partial charge is 0.495 e. The second kappa shape index (κ2) is 6.09. The molecule has 2 N–H and O–H groups in total. The van der Waals surface area contributed by atoms with E-state index in [4.69, 9.17) is 4.74 Å². The van der Waals surface area contributed by atoms with Crippen LogP contribution in [-0.4, -0.2) is 24.1 Å². The van der Waals surface area contributed by atoms with Crippen molar-refractivity contribution in [3.63, 3.8) is 0 Å². The average molecular weight is 337 g/mol. The number of hydrogen-bond donors (Lipinski definition) is 2. The maximum absolute atomic E-state index is 5.29. The Morgan fingerprint density at radius 3 is 2.50 bits per heavy atom. The third-order valence-electron chi connectivity index (χ3n) is 2.91. The maximum Gasteiger partial charge on any atom is 0.139 e. The predicted octanol–water partition coefficient (Wildman–Crippen LogP) is 3.65. The Hall–Kier alpha value is -1.82. The van der Waals surface area contributed by atoms with Gasteiger partial charge in [-0.15, -0.1) is 0 Å². The molecule has 20 heavy (non-hydrogen) atoms. The fourth-order valence-electron chi connectivity index (χ4n) is 1.87. The first-order valence-electron chi connectivity index (χ1n) is 6.18. The first kappa shape index (κ1) is 14.6. The third kappa shape index (κ3) is 3.01. The topological polar surface area (TPSA) is 59.1 Å². The smallest absolute Gasteiger partial charge is 0.139 e. The van der Waals surface area contributed by atoms with Crippen LogP contribution in [0.25, 0.3) is 0 Å². The van der Waals surface area contributed by atoms with Crippen LogP contribution in [0.2, 0.25) is 0 Å². The van der Waals surface area contributed by atoms with Gasteiger partial charge >= 0.3 is 0 Å². The summed E-state index contributed by atoms with van der Waals surface area (Å²) in [5.41, 5.74) is 1.88. The number of halogens is 1. The fraction of sp³-hybridized carbons (Fsp3) is 0.286. The number of nitrogens with one attached hydrogen (secondary N) is 2. The second-order valence-corrected chi connectivity index (χ2v) is 5.17. The lowest BCUT2D eigenvalue weighted by Gasteiger charge is -2.13. The number of ether oxygens (including phenoxy) is 1. The van der Waals surface area contributed by atoms with Crippen molar-refractivity contribution in [2.75, 3.05) is 24.8 Å². The molecule has 106 valence electrons. The number of anilines is 3. The molecule has 1 aromatic heterocycles. The van der Waals surface area contributed by atoms with Gasteiger partial charge in [-0.2, -0.15) is 0 Å². The molecule has 0 atom stereocenters. The van der Waals surface area contributed by atoms with Crippen LogP contribution in [0.5, 0.6) is 5.75 Å². The lowest BCUT2D eigenvalue weighted by Crippen LogP contribution is -2.05. The van der Waals surface area contributed by atoms with Crippen molar-refractivity contribution >= 4 is 33.3 Å². The van der Waals surface area contributed by atoms with Crippen LogP contribution in [0.1, 0.15) is 11.4 Å². The Kier molecular flexibility index (Phi) is 4.44.